The van der Waals surface area contributed by atoms with Crippen molar-refractivity contribution in [2.24, 2.45) is 13.0 Å². The van der Waals surface area contributed by atoms with E-state index in [9.17, 15) is 9.59 Å². The van der Waals surface area contributed by atoms with Crippen LogP contribution in [0.2, 0.25) is 0 Å². The first-order chi connectivity index (χ1) is 9.88. The van der Waals surface area contributed by atoms with Gasteiger partial charge in [0.25, 0.3) is 0 Å². The topological polar surface area (TPSA) is 84.2 Å². The second-order valence-corrected chi connectivity index (χ2v) is 5.59. The van der Waals surface area contributed by atoms with Crippen molar-refractivity contribution in [3.05, 3.63) is 23.0 Å². The minimum absolute atomic E-state index is 0.0187. The minimum atomic E-state index is -0.880. The molecule has 1 aliphatic carbocycles. The van der Waals surface area contributed by atoms with Crippen molar-refractivity contribution >= 4 is 18.0 Å². The number of carbonyl (C=O) groups is 2. The Morgan fingerprint density at radius 1 is 1.48 bits per heavy atom. The summed E-state index contributed by atoms with van der Waals surface area (Å²) in [5, 5.41) is 16.0. The molecule has 1 amide bonds. The zero-order valence-corrected chi connectivity index (χ0v) is 12.6. The monoisotopic (exact) mass is 291 g/mol. The molecule has 21 heavy (non-hydrogen) atoms. The van der Waals surface area contributed by atoms with Gasteiger partial charge < -0.3 is 10.4 Å². The lowest BCUT2D eigenvalue weighted by atomic mass is 10.1. The number of carbonyl (C=O) groups excluding carboxylic acids is 1. The van der Waals surface area contributed by atoms with E-state index in [0.717, 1.165) is 29.8 Å². The van der Waals surface area contributed by atoms with Crippen molar-refractivity contribution in [2.75, 3.05) is 0 Å². The first-order valence-electron chi connectivity index (χ1n) is 7.09. The van der Waals surface area contributed by atoms with Gasteiger partial charge in [0, 0.05) is 30.4 Å². The maximum absolute atomic E-state index is 12.0. The highest BCUT2D eigenvalue weighted by Gasteiger charge is 2.33. The van der Waals surface area contributed by atoms with Crippen molar-refractivity contribution in [3.63, 3.8) is 0 Å². The number of nitrogens with one attached hydrogen (secondary N) is 1. The Bertz CT molecular complexity index is 585. The third kappa shape index (κ3) is 3.93. The van der Waals surface area contributed by atoms with Gasteiger partial charge in [0.05, 0.1) is 12.1 Å². The van der Waals surface area contributed by atoms with Crippen LogP contribution >= 0.6 is 0 Å². The highest BCUT2D eigenvalue weighted by Crippen LogP contribution is 2.34. The third-order valence-corrected chi connectivity index (χ3v) is 3.88. The van der Waals surface area contributed by atoms with E-state index in [0.29, 0.717) is 5.92 Å². The van der Waals surface area contributed by atoms with Crippen LogP contribution in [0.5, 0.6) is 0 Å². The quantitative estimate of drug-likeness (QED) is 0.776. The Kier molecular flexibility index (Phi) is 4.45. The largest absolute Gasteiger partial charge is 0.481 e. The molecule has 0 spiro atoms. The van der Waals surface area contributed by atoms with E-state index in [-0.39, 0.29) is 18.4 Å². The molecular formula is C15H21N3O3. The van der Waals surface area contributed by atoms with E-state index in [4.69, 9.17) is 5.11 Å². The zero-order chi connectivity index (χ0) is 15.6. The van der Waals surface area contributed by atoms with Gasteiger partial charge in [-0.05, 0) is 38.7 Å². The average Bonchev–Trinajstić information content (AvgIpc) is 3.17. The number of aromatic nitrogens is 2. The molecule has 0 aromatic carbocycles. The first kappa shape index (κ1) is 15.3. The Morgan fingerprint density at radius 2 is 2.14 bits per heavy atom. The van der Waals surface area contributed by atoms with Crippen LogP contribution in [0, 0.1) is 19.8 Å². The summed E-state index contributed by atoms with van der Waals surface area (Å²) in [6, 6.07) is -0.268. The normalized spacial score (nSPS) is 16.1. The van der Waals surface area contributed by atoms with Crippen LogP contribution in [0.4, 0.5) is 0 Å². The van der Waals surface area contributed by atoms with E-state index in [1.807, 2.05) is 20.9 Å². The molecule has 1 saturated carbocycles. The van der Waals surface area contributed by atoms with Gasteiger partial charge in [0.2, 0.25) is 5.91 Å². The number of carboxylic acid groups (broad SMARTS) is 1. The fourth-order valence-electron chi connectivity index (χ4n) is 2.44. The number of hydrogen-bond acceptors (Lipinski definition) is 3. The molecule has 0 radical (unpaired) electrons. The lowest BCUT2D eigenvalue weighted by Gasteiger charge is -2.14. The van der Waals surface area contributed by atoms with Gasteiger partial charge in [0.1, 0.15) is 0 Å². The first-order valence-corrected chi connectivity index (χ1v) is 7.09. The lowest BCUT2D eigenvalue weighted by molar-refractivity contribution is -0.137. The number of amides is 1. The van der Waals surface area contributed by atoms with Crippen LogP contribution in [0.1, 0.15) is 36.2 Å². The molecule has 6 nitrogen and oxygen atoms in total. The van der Waals surface area contributed by atoms with Gasteiger partial charge in [-0.1, -0.05) is 0 Å². The molecule has 0 aliphatic heterocycles. The Hall–Kier alpha value is -2.11. The maximum atomic E-state index is 12.0. The van der Waals surface area contributed by atoms with Crippen molar-refractivity contribution < 1.29 is 14.7 Å². The molecule has 1 aromatic rings. The number of nitrogens with zero attached hydrogens (tertiary/aromatic N) is 2. The lowest BCUT2D eigenvalue weighted by Crippen LogP contribution is -2.37. The summed E-state index contributed by atoms with van der Waals surface area (Å²) in [7, 11) is 1.86. The van der Waals surface area contributed by atoms with Crippen molar-refractivity contribution in [1.29, 1.82) is 0 Å². The molecule has 1 fully saturated rings. The summed E-state index contributed by atoms with van der Waals surface area (Å²) in [4.78, 5) is 22.8. The van der Waals surface area contributed by atoms with E-state index in [1.165, 1.54) is 6.08 Å². The highest BCUT2D eigenvalue weighted by molar-refractivity contribution is 5.92. The van der Waals surface area contributed by atoms with Gasteiger partial charge in [0.15, 0.2) is 0 Å². The van der Waals surface area contributed by atoms with Crippen LogP contribution in [0.3, 0.4) is 0 Å². The summed E-state index contributed by atoms with van der Waals surface area (Å²) in [6.07, 6.45) is 5.15. The summed E-state index contributed by atoms with van der Waals surface area (Å²) < 4.78 is 1.77. The van der Waals surface area contributed by atoms with Gasteiger partial charge in [-0.2, -0.15) is 5.10 Å². The molecule has 2 N–H and O–H groups in total. The van der Waals surface area contributed by atoms with Crippen LogP contribution in [0.15, 0.2) is 6.08 Å². The zero-order valence-electron chi connectivity index (χ0n) is 12.6. The summed E-state index contributed by atoms with van der Waals surface area (Å²) >= 11 is 0. The Labute approximate surface area is 123 Å². The smallest absolute Gasteiger partial charge is 0.305 e. The Morgan fingerprint density at radius 3 is 2.62 bits per heavy atom. The number of rotatable bonds is 6. The summed E-state index contributed by atoms with van der Waals surface area (Å²) in [5.74, 6) is -0.828. The molecule has 1 heterocycles. The average molecular weight is 291 g/mol. The fourth-order valence-corrected chi connectivity index (χ4v) is 2.44. The standard InChI is InChI=1S/C15H21N3O3/c1-9-12(10(2)18(3)17-9)6-7-14(19)16-13(8-15(20)21)11-4-5-11/h6-7,11,13H,4-5,8H2,1-3H3,(H,16,19)(H,20,21)/b7-6+. The molecular weight excluding hydrogens is 270 g/mol. The fraction of sp³-hybridized carbons (Fsp3) is 0.533. The predicted octanol–water partition coefficient (Wildman–Crippen LogP) is 1.42. The van der Waals surface area contributed by atoms with Crippen molar-refractivity contribution in [2.45, 2.75) is 39.2 Å². The van der Waals surface area contributed by atoms with E-state index >= 15 is 0 Å². The van der Waals surface area contributed by atoms with Crippen LogP contribution in [-0.2, 0) is 16.6 Å². The molecule has 6 heteroatoms. The molecule has 2 rings (SSSR count). The molecule has 0 bridgehead atoms. The van der Waals surface area contributed by atoms with E-state index in [1.54, 1.807) is 10.8 Å². The predicted molar refractivity (Wildman–Crippen MR) is 78.6 cm³/mol. The van der Waals surface area contributed by atoms with E-state index in [2.05, 4.69) is 10.4 Å². The van der Waals surface area contributed by atoms with Gasteiger partial charge in [-0.25, -0.2) is 0 Å². The van der Waals surface area contributed by atoms with Crippen LogP contribution in [0.25, 0.3) is 6.08 Å². The molecule has 1 atom stereocenters. The number of aryl methyl sites for hydroxylation is 2. The second kappa shape index (κ2) is 6.11. The molecule has 1 aliphatic rings. The number of hydrogen-bond donors (Lipinski definition) is 2. The Balaban J connectivity index is 2.00. The minimum Gasteiger partial charge on any atom is -0.481 e. The maximum Gasteiger partial charge on any atom is 0.305 e. The summed E-state index contributed by atoms with van der Waals surface area (Å²) in [5.41, 5.74) is 2.78. The second-order valence-electron chi connectivity index (χ2n) is 5.59. The summed E-state index contributed by atoms with van der Waals surface area (Å²) in [6.45, 7) is 3.83. The van der Waals surface area contributed by atoms with Crippen molar-refractivity contribution in [1.82, 2.24) is 15.1 Å². The molecule has 1 unspecified atom stereocenters. The molecule has 114 valence electrons. The van der Waals surface area contributed by atoms with Gasteiger partial charge in [-0.15, -0.1) is 0 Å². The molecule has 1 aromatic heterocycles. The number of aliphatic carboxylic acids is 1. The van der Waals surface area contributed by atoms with Crippen molar-refractivity contribution in [3.8, 4) is 0 Å². The highest BCUT2D eigenvalue weighted by atomic mass is 16.4. The molecule has 0 saturated heterocycles. The number of carboxylic acids is 1. The van der Waals surface area contributed by atoms with Crippen LogP contribution in [-0.4, -0.2) is 32.8 Å². The van der Waals surface area contributed by atoms with E-state index < -0.39 is 5.97 Å². The van der Waals surface area contributed by atoms with Gasteiger partial charge >= 0.3 is 5.97 Å². The van der Waals surface area contributed by atoms with Crippen LogP contribution < -0.4 is 5.32 Å². The SMILES string of the molecule is Cc1nn(C)c(C)c1/C=C/C(=O)NC(CC(=O)O)C1CC1. The third-order valence-electron chi connectivity index (χ3n) is 3.88. The van der Waals surface area contributed by atoms with Gasteiger partial charge in [-0.3, -0.25) is 14.3 Å².